The highest BCUT2D eigenvalue weighted by Crippen LogP contribution is 2.35. The van der Waals surface area contributed by atoms with E-state index in [2.05, 4.69) is 29.8 Å². The van der Waals surface area contributed by atoms with Crippen molar-refractivity contribution in [1.82, 2.24) is 35.3 Å². The maximum atomic E-state index is 13.8. The van der Waals surface area contributed by atoms with Crippen molar-refractivity contribution in [2.24, 2.45) is 0 Å². The topological polar surface area (TPSA) is 159 Å². The molecule has 16 heteroatoms. The SMILES string of the molecule is Nc1ncc(-c2nc(N3CCOCC3)nc(N3CCN(CCCCC(=O)NO)CC3)n2)c(C(F)(F)F)n1. The Morgan fingerprint density at radius 1 is 1.00 bits per heavy atom. The zero-order valence-electron chi connectivity index (χ0n) is 20.1. The Labute approximate surface area is 210 Å². The third-order valence-corrected chi connectivity index (χ3v) is 6.13. The van der Waals surface area contributed by atoms with E-state index in [4.69, 9.17) is 15.7 Å². The summed E-state index contributed by atoms with van der Waals surface area (Å²) in [6, 6.07) is 0. The molecule has 2 aliphatic rings. The second kappa shape index (κ2) is 11.8. The molecule has 13 nitrogen and oxygen atoms in total. The Bertz CT molecular complexity index is 1080. The number of alkyl halides is 3. The van der Waals surface area contributed by atoms with Crippen LogP contribution in [0.15, 0.2) is 6.20 Å². The Hall–Kier alpha value is -3.37. The minimum absolute atomic E-state index is 0.177. The van der Waals surface area contributed by atoms with Gasteiger partial charge in [0.1, 0.15) is 0 Å². The van der Waals surface area contributed by atoms with Crippen molar-refractivity contribution in [3.05, 3.63) is 11.9 Å². The fraction of sp³-hybridized carbons (Fsp3) is 0.619. The normalized spacial score (nSPS) is 17.2. The summed E-state index contributed by atoms with van der Waals surface area (Å²) in [7, 11) is 0. The number of unbranched alkanes of at least 4 members (excludes halogenated alkanes) is 1. The Balaban J connectivity index is 1.55. The smallest absolute Gasteiger partial charge is 0.378 e. The second-order valence-electron chi connectivity index (χ2n) is 8.67. The number of nitrogens with zero attached hydrogens (tertiary/aromatic N) is 8. The number of morpholine rings is 1. The van der Waals surface area contributed by atoms with Crippen molar-refractivity contribution in [3.63, 3.8) is 0 Å². The number of nitrogen functional groups attached to an aromatic ring is 1. The van der Waals surface area contributed by atoms with Crippen LogP contribution in [0.2, 0.25) is 0 Å². The molecule has 0 bridgehead atoms. The lowest BCUT2D eigenvalue weighted by atomic mass is 10.2. The van der Waals surface area contributed by atoms with E-state index >= 15 is 0 Å². The number of hydrogen-bond donors (Lipinski definition) is 3. The number of halogens is 3. The van der Waals surface area contributed by atoms with Crippen molar-refractivity contribution in [1.29, 1.82) is 0 Å². The van der Waals surface area contributed by atoms with E-state index in [1.54, 1.807) is 5.48 Å². The average Bonchev–Trinajstić information content (AvgIpc) is 2.91. The molecule has 0 unspecified atom stereocenters. The number of aromatic nitrogens is 5. The van der Waals surface area contributed by atoms with Crippen molar-refractivity contribution in [2.45, 2.75) is 25.4 Å². The van der Waals surface area contributed by atoms with E-state index < -0.39 is 23.7 Å². The Morgan fingerprint density at radius 3 is 2.27 bits per heavy atom. The lowest BCUT2D eigenvalue weighted by Gasteiger charge is -2.35. The molecular weight excluding hydrogens is 497 g/mol. The van der Waals surface area contributed by atoms with Crippen LogP contribution in [0.25, 0.3) is 11.4 Å². The number of hydroxylamine groups is 1. The van der Waals surface area contributed by atoms with Gasteiger partial charge in [0.25, 0.3) is 0 Å². The number of nitrogens with two attached hydrogens (primary N) is 1. The van der Waals surface area contributed by atoms with Crippen molar-refractivity contribution in [3.8, 4) is 11.4 Å². The van der Waals surface area contributed by atoms with Gasteiger partial charge in [0.05, 0.1) is 18.8 Å². The molecule has 4 rings (SSSR count). The van der Waals surface area contributed by atoms with E-state index in [-0.39, 0.29) is 29.7 Å². The number of hydrogen-bond acceptors (Lipinski definition) is 12. The maximum Gasteiger partial charge on any atom is 0.434 e. The molecular formula is C21H29F3N10O3. The molecule has 0 atom stereocenters. The zero-order valence-corrected chi connectivity index (χ0v) is 20.1. The average molecular weight is 527 g/mol. The number of piperazine rings is 1. The van der Waals surface area contributed by atoms with Crippen LogP contribution in [-0.2, 0) is 15.7 Å². The first-order chi connectivity index (χ1) is 17.7. The summed E-state index contributed by atoms with van der Waals surface area (Å²) in [6.45, 7) is 5.19. The minimum atomic E-state index is -4.78. The number of carbonyl (C=O) groups excluding carboxylic acids is 1. The van der Waals surface area contributed by atoms with Crippen LogP contribution in [0.1, 0.15) is 25.0 Å². The van der Waals surface area contributed by atoms with E-state index in [1.807, 2.05) is 9.80 Å². The summed E-state index contributed by atoms with van der Waals surface area (Å²) in [6.07, 6.45) is -2.09. The van der Waals surface area contributed by atoms with Gasteiger partial charge in [-0.3, -0.25) is 14.9 Å². The van der Waals surface area contributed by atoms with Crippen molar-refractivity contribution < 1.29 is 27.9 Å². The first-order valence-corrected chi connectivity index (χ1v) is 11.9. The van der Waals surface area contributed by atoms with E-state index in [0.717, 1.165) is 19.2 Å². The molecule has 2 fully saturated rings. The first-order valence-electron chi connectivity index (χ1n) is 11.9. The van der Waals surface area contributed by atoms with Gasteiger partial charge >= 0.3 is 6.18 Å². The molecule has 2 aromatic heterocycles. The number of carbonyl (C=O) groups is 1. The Morgan fingerprint density at radius 2 is 1.65 bits per heavy atom. The quantitative estimate of drug-likeness (QED) is 0.250. The third kappa shape index (κ3) is 6.90. The van der Waals surface area contributed by atoms with Gasteiger partial charge in [-0.1, -0.05) is 0 Å². The van der Waals surface area contributed by atoms with Crippen LogP contribution in [0.3, 0.4) is 0 Å². The molecule has 0 aromatic carbocycles. The van der Waals surface area contributed by atoms with Crippen LogP contribution < -0.4 is 21.0 Å². The number of ether oxygens (including phenoxy) is 1. The van der Waals surface area contributed by atoms with Gasteiger partial charge in [-0.15, -0.1) is 0 Å². The fourth-order valence-corrected chi connectivity index (χ4v) is 4.14. The summed E-state index contributed by atoms with van der Waals surface area (Å²) in [5.74, 6) is -0.546. The monoisotopic (exact) mass is 526 g/mol. The molecule has 2 saturated heterocycles. The predicted molar refractivity (Wildman–Crippen MR) is 126 cm³/mol. The molecule has 4 heterocycles. The molecule has 202 valence electrons. The Kier molecular flexibility index (Phi) is 8.50. The first kappa shape index (κ1) is 26.7. The number of rotatable bonds is 8. The van der Waals surface area contributed by atoms with Gasteiger partial charge in [-0.25, -0.2) is 15.4 Å². The van der Waals surface area contributed by atoms with Gasteiger partial charge < -0.3 is 20.3 Å². The largest absolute Gasteiger partial charge is 0.434 e. The van der Waals surface area contributed by atoms with E-state index in [0.29, 0.717) is 58.9 Å². The van der Waals surface area contributed by atoms with Crippen LogP contribution in [0.4, 0.5) is 31.0 Å². The summed E-state index contributed by atoms with van der Waals surface area (Å²) in [4.78, 5) is 37.6. The lowest BCUT2D eigenvalue weighted by molar-refractivity contribution is -0.140. The van der Waals surface area contributed by atoms with Crippen LogP contribution >= 0.6 is 0 Å². The predicted octanol–water partition coefficient (Wildman–Crippen LogP) is 0.564. The van der Waals surface area contributed by atoms with Gasteiger partial charge in [0.2, 0.25) is 23.8 Å². The third-order valence-electron chi connectivity index (χ3n) is 6.13. The van der Waals surface area contributed by atoms with Crippen molar-refractivity contribution in [2.75, 3.05) is 74.6 Å². The molecule has 0 spiro atoms. The van der Waals surface area contributed by atoms with Crippen LogP contribution in [0, 0.1) is 0 Å². The summed E-state index contributed by atoms with van der Waals surface area (Å²) in [5.41, 5.74) is 5.48. The van der Waals surface area contributed by atoms with Gasteiger partial charge in [0, 0.05) is 51.9 Å². The van der Waals surface area contributed by atoms with E-state index in [9.17, 15) is 18.0 Å². The van der Waals surface area contributed by atoms with Gasteiger partial charge in [-0.2, -0.15) is 28.1 Å². The molecule has 0 aliphatic carbocycles. The van der Waals surface area contributed by atoms with Gasteiger partial charge in [0.15, 0.2) is 11.5 Å². The molecule has 0 radical (unpaired) electrons. The standard InChI is InChI=1S/C21H29F3N10O3/c22-21(23,24)16-14(13-26-18(25)27-16)17-28-19(30-20(29-17)34-9-11-37-12-10-34)33-7-5-32(6-8-33)4-2-1-3-15(35)31-36/h13,36H,1-12H2,(H,31,35)(H2,25,26,27). The number of anilines is 3. The summed E-state index contributed by atoms with van der Waals surface area (Å²) in [5, 5.41) is 8.57. The second-order valence-corrected chi connectivity index (χ2v) is 8.67. The molecule has 37 heavy (non-hydrogen) atoms. The molecule has 2 aliphatic heterocycles. The molecule has 1 amide bonds. The zero-order chi connectivity index (χ0) is 26.4. The van der Waals surface area contributed by atoms with Crippen LogP contribution in [0.5, 0.6) is 0 Å². The molecule has 2 aromatic rings. The minimum Gasteiger partial charge on any atom is -0.378 e. The number of nitrogens with one attached hydrogen (secondary N) is 1. The van der Waals surface area contributed by atoms with Gasteiger partial charge in [-0.05, 0) is 19.4 Å². The lowest BCUT2D eigenvalue weighted by Crippen LogP contribution is -2.47. The van der Waals surface area contributed by atoms with E-state index in [1.165, 1.54) is 0 Å². The highest BCUT2D eigenvalue weighted by molar-refractivity contribution is 5.74. The highest BCUT2D eigenvalue weighted by Gasteiger charge is 2.38. The fourth-order valence-electron chi connectivity index (χ4n) is 4.14. The molecule has 4 N–H and O–H groups in total. The summed E-state index contributed by atoms with van der Waals surface area (Å²) < 4.78 is 46.7. The highest BCUT2D eigenvalue weighted by atomic mass is 19.4. The molecule has 0 saturated carbocycles. The van der Waals surface area contributed by atoms with Crippen LogP contribution in [-0.4, -0.2) is 100.0 Å². The summed E-state index contributed by atoms with van der Waals surface area (Å²) >= 11 is 0. The maximum absolute atomic E-state index is 13.8. The van der Waals surface area contributed by atoms with Crippen molar-refractivity contribution >= 4 is 23.8 Å². The number of amides is 1.